The largest absolute Gasteiger partial charge is 0.481 e. The molecule has 2 aliphatic carbocycles. The van der Waals surface area contributed by atoms with E-state index in [9.17, 15) is 19.8 Å². The first-order valence-electron chi connectivity index (χ1n) is 7.50. The van der Waals surface area contributed by atoms with Crippen molar-refractivity contribution in [1.82, 2.24) is 0 Å². The van der Waals surface area contributed by atoms with Gasteiger partial charge in [0.15, 0.2) is 0 Å². The van der Waals surface area contributed by atoms with E-state index >= 15 is 0 Å². The third kappa shape index (κ3) is 1.51. The molecular formula is C17H26O4. The molecule has 2 N–H and O–H groups in total. The minimum atomic E-state index is -1.30. The summed E-state index contributed by atoms with van der Waals surface area (Å²) in [6.45, 7) is 11.2. The molecule has 0 aliphatic heterocycles. The van der Waals surface area contributed by atoms with Crippen molar-refractivity contribution in [2.24, 2.45) is 33.5 Å². The van der Waals surface area contributed by atoms with Crippen LogP contribution in [-0.2, 0) is 9.59 Å². The number of hydrogen-bond acceptors (Lipinski definition) is 2. The van der Waals surface area contributed by atoms with Crippen LogP contribution < -0.4 is 0 Å². The van der Waals surface area contributed by atoms with Gasteiger partial charge in [0.25, 0.3) is 0 Å². The van der Waals surface area contributed by atoms with Gasteiger partial charge in [0.05, 0.1) is 10.8 Å². The Morgan fingerprint density at radius 3 is 1.33 bits per heavy atom. The maximum absolute atomic E-state index is 12.4. The van der Waals surface area contributed by atoms with Crippen LogP contribution in [0.3, 0.4) is 0 Å². The second kappa shape index (κ2) is 4.11. The molecule has 4 heteroatoms. The molecule has 2 aliphatic rings. The van der Waals surface area contributed by atoms with E-state index in [4.69, 9.17) is 0 Å². The van der Waals surface area contributed by atoms with Gasteiger partial charge < -0.3 is 10.2 Å². The number of aliphatic carboxylic acids is 2. The molecule has 0 aromatic rings. The van der Waals surface area contributed by atoms with E-state index < -0.39 is 33.6 Å². The van der Waals surface area contributed by atoms with Crippen molar-refractivity contribution in [2.75, 3.05) is 0 Å². The number of hydrogen-bond donors (Lipinski definition) is 2. The van der Waals surface area contributed by atoms with Crippen molar-refractivity contribution in [1.29, 1.82) is 0 Å². The summed E-state index contributed by atoms with van der Waals surface area (Å²) in [5.74, 6) is -2.42. The molecule has 4 nitrogen and oxygen atoms in total. The van der Waals surface area contributed by atoms with Crippen LogP contribution in [-0.4, -0.2) is 22.2 Å². The number of carboxylic acid groups (broad SMARTS) is 2. The minimum absolute atomic E-state index is 0.227. The van der Waals surface area contributed by atoms with Gasteiger partial charge in [-0.1, -0.05) is 53.7 Å². The van der Waals surface area contributed by atoms with Crippen molar-refractivity contribution in [3.8, 4) is 0 Å². The highest BCUT2D eigenvalue weighted by Gasteiger charge is 2.80. The van der Waals surface area contributed by atoms with E-state index in [1.54, 1.807) is 0 Å². The van der Waals surface area contributed by atoms with E-state index in [2.05, 4.69) is 0 Å². The molecule has 2 bridgehead atoms. The summed E-state index contributed by atoms with van der Waals surface area (Å²) < 4.78 is 0. The lowest BCUT2D eigenvalue weighted by molar-refractivity contribution is -0.205. The first-order valence-corrected chi connectivity index (χ1v) is 7.50. The molecule has 1 fully saturated rings. The topological polar surface area (TPSA) is 74.6 Å². The zero-order valence-electron chi connectivity index (χ0n) is 13.7. The van der Waals surface area contributed by atoms with Crippen molar-refractivity contribution < 1.29 is 19.8 Å². The van der Waals surface area contributed by atoms with Crippen LogP contribution >= 0.6 is 0 Å². The Kier molecular flexibility index (Phi) is 3.14. The van der Waals surface area contributed by atoms with Crippen LogP contribution in [0.15, 0.2) is 12.2 Å². The lowest BCUT2D eigenvalue weighted by Gasteiger charge is -2.58. The smallest absolute Gasteiger partial charge is 0.311 e. The lowest BCUT2D eigenvalue weighted by Crippen LogP contribution is -2.66. The van der Waals surface area contributed by atoms with Crippen LogP contribution in [0.5, 0.6) is 0 Å². The maximum atomic E-state index is 12.4. The molecule has 0 heterocycles. The third-order valence-electron chi connectivity index (χ3n) is 5.86. The summed E-state index contributed by atoms with van der Waals surface area (Å²) in [6.07, 6.45) is 4.47. The third-order valence-corrected chi connectivity index (χ3v) is 5.86. The van der Waals surface area contributed by atoms with Gasteiger partial charge in [-0.3, -0.25) is 9.59 Å². The van der Waals surface area contributed by atoms with Crippen molar-refractivity contribution >= 4 is 11.9 Å². The molecule has 0 radical (unpaired) electrons. The minimum Gasteiger partial charge on any atom is -0.481 e. The summed E-state index contributed by atoms with van der Waals surface area (Å²) in [5, 5.41) is 20.3. The predicted molar refractivity (Wildman–Crippen MR) is 79.8 cm³/mol. The molecule has 4 unspecified atom stereocenters. The quantitative estimate of drug-likeness (QED) is 0.765. The number of fused-ring (bicyclic) bond motifs is 2. The van der Waals surface area contributed by atoms with Crippen molar-refractivity contribution in [3.63, 3.8) is 0 Å². The second-order valence-corrected chi connectivity index (χ2v) is 8.56. The highest BCUT2D eigenvalue weighted by atomic mass is 16.4. The van der Waals surface area contributed by atoms with Gasteiger partial charge in [-0.15, -0.1) is 0 Å². The monoisotopic (exact) mass is 294 g/mol. The highest BCUT2D eigenvalue weighted by molar-refractivity contribution is 5.91. The van der Waals surface area contributed by atoms with Crippen LogP contribution in [0.1, 0.15) is 48.0 Å². The molecule has 2 rings (SSSR count). The SMILES string of the molecule is CC(C)(C)C1(C(=O)O)C2C=CC(C2)C1(C(=O)O)C(C)(C)C. The fraction of sp³-hybridized carbons (Fsp3) is 0.765. The van der Waals surface area contributed by atoms with E-state index in [0.29, 0.717) is 6.42 Å². The molecule has 0 saturated heterocycles. The second-order valence-electron chi connectivity index (χ2n) is 8.56. The molecule has 0 aromatic carbocycles. The fourth-order valence-electron chi connectivity index (χ4n) is 5.52. The summed E-state index contributed by atoms with van der Waals surface area (Å²) in [6, 6.07) is 0. The first kappa shape index (κ1) is 16.1. The van der Waals surface area contributed by atoms with Gasteiger partial charge in [-0.05, 0) is 29.1 Å². The van der Waals surface area contributed by atoms with Gasteiger partial charge in [-0.2, -0.15) is 0 Å². The highest BCUT2D eigenvalue weighted by Crippen LogP contribution is 2.75. The van der Waals surface area contributed by atoms with Crippen LogP contribution in [0.25, 0.3) is 0 Å². The Morgan fingerprint density at radius 2 is 1.14 bits per heavy atom. The average Bonchev–Trinajstić information content (AvgIpc) is 2.81. The summed E-state index contributed by atoms with van der Waals surface area (Å²) in [7, 11) is 0. The zero-order chi connectivity index (χ0) is 16.4. The van der Waals surface area contributed by atoms with E-state index in [0.717, 1.165) is 0 Å². The van der Waals surface area contributed by atoms with Crippen molar-refractivity contribution in [2.45, 2.75) is 48.0 Å². The van der Waals surface area contributed by atoms with Gasteiger partial charge in [0, 0.05) is 0 Å². The van der Waals surface area contributed by atoms with E-state index in [-0.39, 0.29) is 11.8 Å². The molecule has 21 heavy (non-hydrogen) atoms. The van der Waals surface area contributed by atoms with Gasteiger partial charge >= 0.3 is 11.9 Å². The first-order chi connectivity index (χ1) is 9.35. The predicted octanol–water partition coefficient (Wildman–Crippen LogP) is 3.43. The van der Waals surface area contributed by atoms with Gasteiger partial charge in [0.1, 0.15) is 0 Å². The molecule has 0 aromatic heterocycles. The maximum Gasteiger partial charge on any atom is 0.311 e. The number of carbonyl (C=O) groups is 2. The van der Waals surface area contributed by atoms with Crippen LogP contribution in [0, 0.1) is 33.5 Å². The molecular weight excluding hydrogens is 268 g/mol. The standard InChI is InChI=1S/C17H26O4/c1-14(2,3)16(12(18)19)10-7-8-11(9-10)17(16,13(20)21)15(4,5)6/h7-8,10-11H,9H2,1-6H3,(H,18,19)(H,20,21). The molecule has 118 valence electrons. The fourth-order valence-corrected chi connectivity index (χ4v) is 5.52. The summed E-state index contributed by atoms with van der Waals surface area (Å²) >= 11 is 0. The lowest BCUT2D eigenvalue weighted by atomic mass is 9.41. The molecule has 4 atom stereocenters. The Morgan fingerprint density at radius 1 is 0.857 bits per heavy atom. The van der Waals surface area contributed by atoms with Gasteiger partial charge in [0.2, 0.25) is 0 Å². The van der Waals surface area contributed by atoms with Crippen molar-refractivity contribution in [3.05, 3.63) is 12.2 Å². The molecule has 1 saturated carbocycles. The van der Waals surface area contributed by atoms with Gasteiger partial charge in [-0.25, -0.2) is 0 Å². The molecule has 0 amide bonds. The van der Waals surface area contributed by atoms with Crippen LogP contribution in [0.2, 0.25) is 0 Å². The number of allylic oxidation sites excluding steroid dienone is 2. The number of rotatable bonds is 2. The summed E-state index contributed by atoms with van der Waals surface area (Å²) in [4.78, 5) is 24.9. The Bertz CT molecular complexity index is 474. The zero-order valence-corrected chi connectivity index (χ0v) is 13.7. The number of carboxylic acids is 2. The summed E-state index contributed by atoms with van der Waals surface area (Å²) in [5.41, 5.74) is -3.92. The molecule has 0 spiro atoms. The Balaban J connectivity index is 2.93. The normalized spacial score (nSPS) is 38.8. The van der Waals surface area contributed by atoms with Crippen LogP contribution in [0.4, 0.5) is 0 Å². The Hall–Kier alpha value is -1.32. The van der Waals surface area contributed by atoms with E-state index in [1.807, 2.05) is 53.7 Å². The Labute approximate surface area is 126 Å². The average molecular weight is 294 g/mol. The van der Waals surface area contributed by atoms with E-state index in [1.165, 1.54) is 0 Å².